The molecule has 0 aromatic heterocycles. The fourth-order valence-corrected chi connectivity index (χ4v) is 3.01. The second-order valence-corrected chi connectivity index (χ2v) is 7.17. The molecule has 7 nitrogen and oxygen atoms in total. The summed E-state index contributed by atoms with van der Waals surface area (Å²) < 4.78 is 24.6. The van der Waals surface area contributed by atoms with Crippen LogP contribution in [0.25, 0.3) is 0 Å². The average molecular weight is 325 g/mol. The fraction of sp³-hybridized carbons (Fsp3) is 0.429. The van der Waals surface area contributed by atoms with Crippen molar-refractivity contribution in [1.29, 1.82) is 0 Å². The summed E-state index contributed by atoms with van der Waals surface area (Å²) in [7, 11) is -3.33. The van der Waals surface area contributed by atoms with E-state index < -0.39 is 10.0 Å². The molecule has 0 saturated carbocycles. The second kappa shape index (κ2) is 6.35. The first-order chi connectivity index (χ1) is 10.3. The zero-order chi connectivity index (χ0) is 16.3. The second-order valence-electron chi connectivity index (χ2n) is 5.42. The Hall–Kier alpha value is -2.09. The predicted molar refractivity (Wildman–Crippen MR) is 82.7 cm³/mol. The van der Waals surface area contributed by atoms with Gasteiger partial charge in [0.25, 0.3) is 5.91 Å². The number of nitrogens with two attached hydrogens (primary N) is 1. The maximum absolute atomic E-state index is 12.3. The predicted octanol–water partition coefficient (Wildman–Crippen LogP) is 0.396. The van der Waals surface area contributed by atoms with Crippen LogP contribution in [0.3, 0.4) is 0 Å². The van der Waals surface area contributed by atoms with Crippen molar-refractivity contribution >= 4 is 27.5 Å². The number of hydrogen-bond donors (Lipinski definition) is 2. The number of nitrogens with zero attached hydrogens (tertiary/aromatic N) is 1. The fourth-order valence-electron chi connectivity index (χ4n) is 2.44. The van der Waals surface area contributed by atoms with E-state index in [0.717, 1.165) is 6.26 Å². The van der Waals surface area contributed by atoms with Gasteiger partial charge in [-0.2, -0.15) is 0 Å². The van der Waals surface area contributed by atoms with Crippen LogP contribution >= 0.6 is 0 Å². The largest absolute Gasteiger partial charge is 0.369 e. The lowest BCUT2D eigenvalue weighted by Crippen LogP contribution is -2.41. The van der Waals surface area contributed by atoms with Gasteiger partial charge in [0.2, 0.25) is 15.9 Å². The topological polar surface area (TPSA) is 110 Å². The molecular weight excluding hydrogens is 306 g/mol. The molecular formula is C14H19N3O4S. The third-order valence-electron chi connectivity index (χ3n) is 3.62. The van der Waals surface area contributed by atoms with Crippen LogP contribution < -0.4 is 10.5 Å². The third-order valence-corrected chi connectivity index (χ3v) is 4.23. The number of carbonyl (C=O) groups is 2. The molecule has 2 rings (SSSR count). The Morgan fingerprint density at radius 3 is 2.18 bits per heavy atom. The van der Waals surface area contributed by atoms with Crippen LogP contribution in [0.4, 0.5) is 5.69 Å². The van der Waals surface area contributed by atoms with Crippen molar-refractivity contribution in [2.24, 2.45) is 11.7 Å². The highest BCUT2D eigenvalue weighted by Gasteiger charge is 2.26. The molecule has 0 aliphatic carbocycles. The molecule has 0 unspecified atom stereocenters. The zero-order valence-electron chi connectivity index (χ0n) is 12.3. The highest BCUT2D eigenvalue weighted by molar-refractivity contribution is 7.92. The van der Waals surface area contributed by atoms with Crippen molar-refractivity contribution in [2.45, 2.75) is 12.8 Å². The van der Waals surface area contributed by atoms with Crippen LogP contribution in [0.15, 0.2) is 24.3 Å². The number of benzene rings is 1. The quantitative estimate of drug-likeness (QED) is 0.834. The van der Waals surface area contributed by atoms with E-state index in [-0.39, 0.29) is 17.7 Å². The molecule has 2 amide bonds. The van der Waals surface area contributed by atoms with Crippen LogP contribution in [0, 0.1) is 5.92 Å². The molecule has 1 aliphatic rings. The van der Waals surface area contributed by atoms with E-state index in [4.69, 9.17) is 5.73 Å². The monoisotopic (exact) mass is 325 g/mol. The summed E-state index contributed by atoms with van der Waals surface area (Å²) in [6.07, 6.45) is 2.22. The van der Waals surface area contributed by atoms with Crippen molar-refractivity contribution < 1.29 is 18.0 Å². The lowest BCUT2D eigenvalue weighted by molar-refractivity contribution is -0.123. The minimum absolute atomic E-state index is 0.131. The summed E-state index contributed by atoms with van der Waals surface area (Å²) in [6.45, 7) is 0.992. The molecule has 120 valence electrons. The summed E-state index contributed by atoms with van der Waals surface area (Å²) >= 11 is 0. The number of carbonyl (C=O) groups excluding carboxylic acids is 2. The minimum Gasteiger partial charge on any atom is -0.369 e. The van der Waals surface area contributed by atoms with E-state index in [2.05, 4.69) is 4.72 Å². The lowest BCUT2D eigenvalue weighted by Gasteiger charge is -2.30. The number of sulfonamides is 1. The average Bonchev–Trinajstić information content (AvgIpc) is 2.46. The molecule has 0 radical (unpaired) electrons. The number of likely N-dealkylation sites (tertiary alicyclic amines) is 1. The van der Waals surface area contributed by atoms with Gasteiger partial charge in [-0.3, -0.25) is 14.3 Å². The first kappa shape index (κ1) is 16.3. The smallest absolute Gasteiger partial charge is 0.253 e. The third kappa shape index (κ3) is 4.20. The van der Waals surface area contributed by atoms with Crippen LogP contribution in [-0.2, 0) is 14.8 Å². The van der Waals surface area contributed by atoms with Crippen LogP contribution in [0.2, 0.25) is 0 Å². The lowest BCUT2D eigenvalue weighted by atomic mass is 9.96. The first-order valence-electron chi connectivity index (χ1n) is 6.93. The number of nitrogens with one attached hydrogen (secondary N) is 1. The van der Waals surface area contributed by atoms with Crippen LogP contribution in [0.1, 0.15) is 23.2 Å². The molecule has 1 aliphatic heterocycles. The van der Waals surface area contributed by atoms with E-state index in [0.29, 0.717) is 37.2 Å². The van der Waals surface area contributed by atoms with E-state index in [9.17, 15) is 18.0 Å². The van der Waals surface area contributed by atoms with E-state index >= 15 is 0 Å². The summed E-state index contributed by atoms with van der Waals surface area (Å²) in [5.74, 6) is -0.609. The highest BCUT2D eigenvalue weighted by atomic mass is 32.2. The molecule has 1 heterocycles. The Kier molecular flexibility index (Phi) is 4.70. The Labute approximate surface area is 129 Å². The maximum atomic E-state index is 12.3. The van der Waals surface area contributed by atoms with Gasteiger partial charge in [0.15, 0.2) is 0 Å². The van der Waals surface area contributed by atoms with E-state index in [1.807, 2.05) is 0 Å². The Morgan fingerprint density at radius 2 is 1.73 bits per heavy atom. The molecule has 0 bridgehead atoms. The van der Waals surface area contributed by atoms with Gasteiger partial charge in [0.1, 0.15) is 0 Å². The molecule has 0 atom stereocenters. The molecule has 22 heavy (non-hydrogen) atoms. The zero-order valence-corrected chi connectivity index (χ0v) is 13.1. The molecule has 1 aromatic carbocycles. The van der Waals surface area contributed by atoms with Crippen molar-refractivity contribution in [2.75, 3.05) is 24.1 Å². The van der Waals surface area contributed by atoms with Gasteiger partial charge in [0, 0.05) is 30.3 Å². The summed E-state index contributed by atoms with van der Waals surface area (Å²) in [4.78, 5) is 25.1. The minimum atomic E-state index is -3.33. The molecule has 3 N–H and O–H groups in total. The van der Waals surface area contributed by atoms with Gasteiger partial charge in [-0.25, -0.2) is 8.42 Å². The summed E-state index contributed by atoms with van der Waals surface area (Å²) in [6, 6.07) is 6.25. The van der Waals surface area contributed by atoms with Gasteiger partial charge < -0.3 is 10.6 Å². The van der Waals surface area contributed by atoms with Crippen LogP contribution in [-0.4, -0.2) is 44.5 Å². The number of piperidine rings is 1. The Bertz CT molecular complexity index is 662. The summed E-state index contributed by atoms with van der Waals surface area (Å²) in [5, 5.41) is 0. The number of anilines is 1. The van der Waals surface area contributed by atoms with Gasteiger partial charge in [0.05, 0.1) is 6.26 Å². The van der Waals surface area contributed by atoms with Crippen molar-refractivity contribution in [3.63, 3.8) is 0 Å². The van der Waals surface area contributed by atoms with E-state index in [1.54, 1.807) is 29.2 Å². The normalized spacial score (nSPS) is 16.3. The van der Waals surface area contributed by atoms with Gasteiger partial charge in [-0.05, 0) is 37.1 Å². The SMILES string of the molecule is CS(=O)(=O)Nc1ccc(C(=O)N2CCC(C(N)=O)CC2)cc1. The van der Waals surface area contributed by atoms with Crippen LogP contribution in [0.5, 0.6) is 0 Å². The Balaban J connectivity index is 2.00. The van der Waals surface area contributed by atoms with Gasteiger partial charge >= 0.3 is 0 Å². The molecule has 8 heteroatoms. The van der Waals surface area contributed by atoms with Crippen molar-refractivity contribution in [3.8, 4) is 0 Å². The molecule has 1 aromatic rings. The van der Waals surface area contributed by atoms with Gasteiger partial charge in [-0.1, -0.05) is 0 Å². The van der Waals surface area contributed by atoms with Crippen molar-refractivity contribution in [1.82, 2.24) is 4.90 Å². The Morgan fingerprint density at radius 1 is 1.18 bits per heavy atom. The molecule has 1 fully saturated rings. The molecule has 1 saturated heterocycles. The van der Waals surface area contributed by atoms with Crippen molar-refractivity contribution in [3.05, 3.63) is 29.8 Å². The maximum Gasteiger partial charge on any atom is 0.253 e. The highest BCUT2D eigenvalue weighted by Crippen LogP contribution is 2.19. The standard InChI is InChI=1S/C14H19N3O4S/c1-22(20,21)16-12-4-2-11(3-5-12)14(19)17-8-6-10(7-9-17)13(15)18/h2-5,10,16H,6-9H2,1H3,(H2,15,18). The number of hydrogen-bond acceptors (Lipinski definition) is 4. The van der Waals surface area contributed by atoms with E-state index in [1.165, 1.54) is 0 Å². The number of amides is 2. The summed E-state index contributed by atoms with van der Waals surface area (Å²) in [5.41, 5.74) is 6.16. The number of primary amides is 1. The molecule has 0 spiro atoms. The number of rotatable bonds is 4. The first-order valence-corrected chi connectivity index (χ1v) is 8.82. The van der Waals surface area contributed by atoms with Gasteiger partial charge in [-0.15, -0.1) is 0 Å².